The molecule has 3 rings (SSSR count). The second kappa shape index (κ2) is 7.42. The lowest BCUT2D eigenvalue weighted by Crippen LogP contribution is -2.30. The van der Waals surface area contributed by atoms with Crippen molar-refractivity contribution < 1.29 is 22.3 Å². The molecule has 0 unspecified atom stereocenters. The average molecular weight is 378 g/mol. The zero-order chi connectivity index (χ0) is 19.6. The molecule has 0 aliphatic carbocycles. The number of rotatable bonds is 5. The largest absolute Gasteiger partial charge is 0.435 e. The van der Waals surface area contributed by atoms with Crippen LogP contribution in [-0.2, 0) is 5.92 Å². The smallest absolute Gasteiger partial charge is 0.387 e. The van der Waals surface area contributed by atoms with Crippen molar-refractivity contribution in [3.8, 4) is 5.75 Å². The SMILES string of the molecule is CC1=NC=C(c2ccc(OC(F)F)cc2)N(c2cccc(C(C)(F)F)c2)C1. The van der Waals surface area contributed by atoms with E-state index >= 15 is 0 Å². The zero-order valence-corrected chi connectivity index (χ0v) is 14.8. The van der Waals surface area contributed by atoms with E-state index in [2.05, 4.69) is 9.73 Å². The van der Waals surface area contributed by atoms with Gasteiger partial charge in [0, 0.05) is 23.9 Å². The topological polar surface area (TPSA) is 24.8 Å². The van der Waals surface area contributed by atoms with Crippen molar-refractivity contribution in [2.75, 3.05) is 11.4 Å². The summed E-state index contributed by atoms with van der Waals surface area (Å²) in [6.45, 7) is 0.234. The molecular weight excluding hydrogens is 360 g/mol. The lowest BCUT2D eigenvalue weighted by Gasteiger charge is -2.30. The number of ether oxygens (including phenoxy) is 1. The van der Waals surface area contributed by atoms with E-state index in [0.29, 0.717) is 23.5 Å². The molecule has 0 saturated heterocycles. The maximum atomic E-state index is 13.7. The van der Waals surface area contributed by atoms with Crippen LogP contribution in [0.4, 0.5) is 23.2 Å². The van der Waals surface area contributed by atoms with Gasteiger partial charge in [-0.25, -0.2) is 8.78 Å². The van der Waals surface area contributed by atoms with Gasteiger partial charge in [-0.05, 0) is 48.9 Å². The third-order valence-electron chi connectivity index (χ3n) is 4.12. The molecule has 0 bridgehead atoms. The highest BCUT2D eigenvalue weighted by molar-refractivity contribution is 5.96. The molecule has 0 N–H and O–H groups in total. The van der Waals surface area contributed by atoms with Crippen LogP contribution in [0.1, 0.15) is 25.0 Å². The number of anilines is 1. The van der Waals surface area contributed by atoms with Gasteiger partial charge in [-0.1, -0.05) is 12.1 Å². The molecule has 0 radical (unpaired) electrons. The van der Waals surface area contributed by atoms with Crippen LogP contribution in [-0.4, -0.2) is 18.9 Å². The van der Waals surface area contributed by atoms with Crippen molar-refractivity contribution in [3.63, 3.8) is 0 Å². The Bertz CT molecular complexity index is 870. The second-order valence-electron chi connectivity index (χ2n) is 6.31. The molecule has 0 atom stereocenters. The third kappa shape index (κ3) is 4.48. The summed E-state index contributed by atoms with van der Waals surface area (Å²) in [6.07, 6.45) is 1.64. The van der Waals surface area contributed by atoms with Crippen molar-refractivity contribution in [2.24, 2.45) is 4.99 Å². The van der Waals surface area contributed by atoms with Crippen LogP contribution in [0, 0.1) is 0 Å². The minimum atomic E-state index is -2.95. The Morgan fingerprint density at radius 3 is 2.44 bits per heavy atom. The summed E-state index contributed by atoms with van der Waals surface area (Å²) < 4.78 is 56.4. The fourth-order valence-electron chi connectivity index (χ4n) is 2.81. The first kappa shape index (κ1) is 18.9. The van der Waals surface area contributed by atoms with Crippen LogP contribution in [0.3, 0.4) is 0 Å². The van der Waals surface area contributed by atoms with Crippen molar-refractivity contribution in [1.29, 1.82) is 0 Å². The predicted molar refractivity (Wildman–Crippen MR) is 97.5 cm³/mol. The number of halogens is 4. The molecule has 0 spiro atoms. The summed E-state index contributed by atoms with van der Waals surface area (Å²) in [6, 6.07) is 12.3. The lowest BCUT2D eigenvalue weighted by molar-refractivity contribution is -0.0498. The summed E-state index contributed by atoms with van der Waals surface area (Å²) in [5, 5.41) is 0. The number of aliphatic imine (C=N–C) groups is 1. The van der Waals surface area contributed by atoms with E-state index in [1.807, 2.05) is 11.8 Å². The van der Waals surface area contributed by atoms with Gasteiger partial charge in [-0.15, -0.1) is 0 Å². The van der Waals surface area contributed by atoms with Gasteiger partial charge < -0.3 is 9.64 Å². The molecule has 27 heavy (non-hydrogen) atoms. The minimum absolute atomic E-state index is 0.0454. The van der Waals surface area contributed by atoms with E-state index in [4.69, 9.17) is 0 Å². The molecule has 3 nitrogen and oxygen atoms in total. The Hall–Kier alpha value is -2.83. The van der Waals surface area contributed by atoms with Gasteiger partial charge >= 0.3 is 6.61 Å². The number of hydrogen-bond donors (Lipinski definition) is 0. The monoisotopic (exact) mass is 378 g/mol. The predicted octanol–water partition coefficient (Wildman–Crippen LogP) is 5.68. The van der Waals surface area contributed by atoms with Gasteiger partial charge in [-0.2, -0.15) is 8.78 Å². The fraction of sp³-hybridized carbons (Fsp3) is 0.250. The highest BCUT2D eigenvalue weighted by Gasteiger charge is 2.26. The second-order valence-corrected chi connectivity index (χ2v) is 6.31. The summed E-state index contributed by atoms with van der Waals surface area (Å²) >= 11 is 0. The summed E-state index contributed by atoms with van der Waals surface area (Å²) in [4.78, 5) is 6.18. The van der Waals surface area contributed by atoms with Crippen LogP contribution < -0.4 is 9.64 Å². The molecule has 0 saturated carbocycles. The quantitative estimate of drug-likeness (QED) is 0.626. The normalized spacial score (nSPS) is 14.9. The van der Waals surface area contributed by atoms with E-state index in [-0.39, 0.29) is 11.3 Å². The third-order valence-corrected chi connectivity index (χ3v) is 4.12. The molecule has 0 aromatic heterocycles. The van der Waals surface area contributed by atoms with Crippen molar-refractivity contribution in [3.05, 3.63) is 65.9 Å². The van der Waals surface area contributed by atoms with Crippen LogP contribution in [0.2, 0.25) is 0 Å². The van der Waals surface area contributed by atoms with Crippen molar-refractivity contribution >= 4 is 17.1 Å². The number of hydrogen-bond acceptors (Lipinski definition) is 3. The summed E-state index contributed by atoms with van der Waals surface area (Å²) in [5.74, 6) is -2.91. The Labute approximate surface area is 154 Å². The van der Waals surface area contributed by atoms with E-state index in [1.54, 1.807) is 30.5 Å². The Kier molecular flexibility index (Phi) is 5.21. The molecule has 1 heterocycles. The van der Waals surface area contributed by atoms with Gasteiger partial charge in [0.25, 0.3) is 5.92 Å². The number of nitrogens with zero attached hydrogens (tertiary/aromatic N) is 2. The summed E-state index contributed by atoms with van der Waals surface area (Å²) in [7, 11) is 0. The van der Waals surface area contributed by atoms with Crippen LogP contribution in [0.25, 0.3) is 5.70 Å². The molecule has 7 heteroatoms. The van der Waals surface area contributed by atoms with Crippen molar-refractivity contribution in [1.82, 2.24) is 0 Å². The van der Waals surface area contributed by atoms with Crippen LogP contribution in [0.15, 0.2) is 59.7 Å². The van der Waals surface area contributed by atoms with Gasteiger partial charge in [0.15, 0.2) is 0 Å². The Morgan fingerprint density at radius 1 is 1.11 bits per heavy atom. The average Bonchev–Trinajstić information content (AvgIpc) is 2.61. The maximum Gasteiger partial charge on any atom is 0.387 e. The number of benzene rings is 2. The van der Waals surface area contributed by atoms with Crippen LogP contribution >= 0.6 is 0 Å². The summed E-state index contributed by atoms with van der Waals surface area (Å²) in [5.41, 5.74) is 2.73. The van der Waals surface area contributed by atoms with Gasteiger partial charge in [0.1, 0.15) is 5.75 Å². The van der Waals surface area contributed by atoms with E-state index in [1.165, 1.54) is 24.3 Å². The zero-order valence-electron chi connectivity index (χ0n) is 14.8. The van der Waals surface area contributed by atoms with E-state index in [9.17, 15) is 17.6 Å². The molecular formula is C20H18F4N2O. The van der Waals surface area contributed by atoms with E-state index < -0.39 is 12.5 Å². The van der Waals surface area contributed by atoms with Gasteiger partial charge in [0.05, 0.1) is 18.4 Å². The Morgan fingerprint density at radius 2 is 1.81 bits per heavy atom. The number of alkyl halides is 4. The first-order valence-corrected chi connectivity index (χ1v) is 8.28. The standard InChI is InChI=1S/C20H18F4N2O/c1-13-12-26(16-5-3-4-15(10-16)20(2,23)24)18(11-25-13)14-6-8-17(9-7-14)27-19(21)22/h3-11,19H,12H2,1-2H3. The molecule has 1 aliphatic heterocycles. The Balaban J connectivity index is 1.96. The van der Waals surface area contributed by atoms with Crippen LogP contribution in [0.5, 0.6) is 5.75 Å². The molecule has 0 fully saturated rings. The maximum absolute atomic E-state index is 13.7. The minimum Gasteiger partial charge on any atom is -0.435 e. The first-order valence-electron chi connectivity index (χ1n) is 8.28. The first-order chi connectivity index (χ1) is 12.7. The molecule has 1 aliphatic rings. The van der Waals surface area contributed by atoms with Gasteiger partial charge in [0.2, 0.25) is 0 Å². The van der Waals surface area contributed by atoms with Gasteiger partial charge in [-0.3, -0.25) is 4.99 Å². The molecule has 2 aromatic rings. The van der Waals surface area contributed by atoms with E-state index in [0.717, 1.165) is 12.6 Å². The highest BCUT2D eigenvalue weighted by atomic mass is 19.3. The molecule has 2 aromatic carbocycles. The molecule has 142 valence electrons. The van der Waals surface area contributed by atoms with Crippen molar-refractivity contribution in [2.45, 2.75) is 26.4 Å². The highest BCUT2D eigenvalue weighted by Crippen LogP contribution is 2.34. The molecule has 0 amide bonds. The fourth-order valence-corrected chi connectivity index (χ4v) is 2.81. The lowest BCUT2D eigenvalue weighted by atomic mass is 10.1.